The highest BCUT2D eigenvalue weighted by Gasteiger charge is 2.19. The van der Waals surface area contributed by atoms with Gasteiger partial charge < -0.3 is 10.5 Å². The molecule has 2 aromatic rings. The molecule has 1 atom stereocenters. The predicted molar refractivity (Wildman–Crippen MR) is 74.0 cm³/mol. The first-order chi connectivity index (χ1) is 8.78. The van der Waals surface area contributed by atoms with E-state index in [0.717, 1.165) is 16.6 Å². The van der Waals surface area contributed by atoms with E-state index in [2.05, 4.69) is 4.98 Å². The van der Waals surface area contributed by atoms with Crippen LogP contribution in [0.3, 0.4) is 0 Å². The van der Waals surface area contributed by atoms with Crippen LogP contribution in [-0.2, 0) is 4.74 Å². The molecule has 19 heavy (non-hydrogen) atoms. The fourth-order valence-corrected chi connectivity index (χ4v) is 1.77. The van der Waals surface area contributed by atoms with E-state index in [-0.39, 0.29) is 6.04 Å². The van der Waals surface area contributed by atoms with Gasteiger partial charge in [-0.3, -0.25) is 9.55 Å². The number of nitrogens with zero attached hydrogens (tertiary/aromatic N) is 2. The first-order valence-electron chi connectivity index (χ1n) is 6.24. The number of hydrogen-bond donors (Lipinski definition) is 1. The van der Waals surface area contributed by atoms with E-state index >= 15 is 0 Å². The van der Waals surface area contributed by atoms with Crippen LogP contribution in [0.5, 0.6) is 0 Å². The third-order valence-corrected chi connectivity index (χ3v) is 2.65. The van der Waals surface area contributed by atoms with E-state index in [1.807, 2.05) is 39.8 Å². The second-order valence-electron chi connectivity index (χ2n) is 5.62. The molecule has 0 fully saturated rings. The lowest BCUT2D eigenvalue weighted by Crippen LogP contribution is -2.26. The Morgan fingerprint density at radius 3 is 2.74 bits per heavy atom. The van der Waals surface area contributed by atoms with Crippen LogP contribution in [0, 0.1) is 0 Å². The highest BCUT2D eigenvalue weighted by molar-refractivity contribution is 5.89. The standard InChI is InChI=1S/C14H19N3O2/c1-9(15)11-7-10-5-6-17(12(10)8-16-11)13(18)19-14(2,3)4/h5-9H,15H2,1-4H3. The summed E-state index contributed by atoms with van der Waals surface area (Å²) in [4.78, 5) is 16.3. The molecule has 5 nitrogen and oxygen atoms in total. The van der Waals surface area contributed by atoms with Crippen molar-refractivity contribution in [2.45, 2.75) is 39.3 Å². The number of hydrogen-bond acceptors (Lipinski definition) is 4. The molecule has 5 heteroatoms. The molecule has 0 radical (unpaired) electrons. The number of carbonyl (C=O) groups is 1. The summed E-state index contributed by atoms with van der Waals surface area (Å²) in [6.07, 6.45) is 2.93. The van der Waals surface area contributed by atoms with Crippen LogP contribution in [0.25, 0.3) is 10.9 Å². The normalized spacial score (nSPS) is 13.5. The maximum absolute atomic E-state index is 12.0. The zero-order chi connectivity index (χ0) is 14.2. The highest BCUT2D eigenvalue weighted by Crippen LogP contribution is 2.19. The van der Waals surface area contributed by atoms with Crippen LogP contribution in [0.2, 0.25) is 0 Å². The molecule has 2 N–H and O–H groups in total. The van der Waals surface area contributed by atoms with Crippen LogP contribution < -0.4 is 5.73 Å². The number of ether oxygens (including phenoxy) is 1. The third-order valence-electron chi connectivity index (χ3n) is 2.65. The quantitative estimate of drug-likeness (QED) is 0.857. The summed E-state index contributed by atoms with van der Waals surface area (Å²) >= 11 is 0. The van der Waals surface area contributed by atoms with E-state index in [1.165, 1.54) is 4.57 Å². The lowest BCUT2D eigenvalue weighted by Gasteiger charge is -2.19. The molecule has 2 aromatic heterocycles. The summed E-state index contributed by atoms with van der Waals surface area (Å²) < 4.78 is 6.80. The van der Waals surface area contributed by atoms with E-state index in [1.54, 1.807) is 12.4 Å². The average molecular weight is 261 g/mol. The molecule has 0 aliphatic carbocycles. The lowest BCUT2D eigenvalue weighted by atomic mass is 10.2. The second kappa shape index (κ2) is 4.66. The summed E-state index contributed by atoms with van der Waals surface area (Å²) in [5, 5.41) is 0.924. The second-order valence-corrected chi connectivity index (χ2v) is 5.62. The molecule has 0 aliphatic rings. The third kappa shape index (κ3) is 2.93. The highest BCUT2D eigenvalue weighted by atomic mass is 16.6. The number of carbonyl (C=O) groups excluding carboxylic acids is 1. The van der Waals surface area contributed by atoms with Gasteiger partial charge in [-0.1, -0.05) is 0 Å². The van der Waals surface area contributed by atoms with E-state index in [9.17, 15) is 4.79 Å². The van der Waals surface area contributed by atoms with Gasteiger partial charge in [-0.25, -0.2) is 4.79 Å². The van der Waals surface area contributed by atoms with Gasteiger partial charge in [0.05, 0.1) is 17.4 Å². The molecule has 0 saturated carbocycles. The lowest BCUT2D eigenvalue weighted by molar-refractivity contribution is 0.0544. The largest absolute Gasteiger partial charge is 0.443 e. The molecule has 1 unspecified atom stereocenters. The summed E-state index contributed by atoms with van der Waals surface area (Å²) in [6, 6.07) is 3.61. The van der Waals surface area contributed by atoms with Crippen molar-refractivity contribution in [2.75, 3.05) is 0 Å². The number of nitrogens with two attached hydrogens (primary N) is 1. The molecule has 0 spiro atoms. The van der Waals surface area contributed by atoms with Crippen molar-refractivity contribution in [2.24, 2.45) is 5.73 Å². The minimum Gasteiger partial charge on any atom is -0.443 e. The van der Waals surface area contributed by atoms with Crippen molar-refractivity contribution < 1.29 is 9.53 Å². The van der Waals surface area contributed by atoms with Gasteiger partial charge in [0.1, 0.15) is 5.60 Å². The van der Waals surface area contributed by atoms with Gasteiger partial charge in [-0.15, -0.1) is 0 Å². The minimum absolute atomic E-state index is 0.130. The number of rotatable bonds is 1. The molecule has 0 bridgehead atoms. The Hall–Kier alpha value is -1.88. The van der Waals surface area contributed by atoms with Crippen molar-refractivity contribution in [3.8, 4) is 0 Å². The Bertz CT molecular complexity index is 609. The summed E-state index contributed by atoms with van der Waals surface area (Å²) in [6.45, 7) is 7.38. The molecule has 0 aromatic carbocycles. The van der Waals surface area contributed by atoms with Crippen molar-refractivity contribution in [3.63, 3.8) is 0 Å². The van der Waals surface area contributed by atoms with E-state index in [0.29, 0.717) is 0 Å². The molecule has 0 saturated heterocycles. The Labute approximate surface area is 112 Å². The van der Waals surface area contributed by atoms with Gasteiger partial charge in [0.15, 0.2) is 0 Å². The number of aromatic nitrogens is 2. The molecular weight excluding hydrogens is 242 g/mol. The summed E-state index contributed by atoms with van der Waals surface area (Å²) in [5.74, 6) is 0. The smallest absolute Gasteiger partial charge is 0.419 e. The number of fused-ring (bicyclic) bond motifs is 1. The van der Waals surface area contributed by atoms with E-state index in [4.69, 9.17) is 10.5 Å². The van der Waals surface area contributed by atoms with Gasteiger partial charge in [-0.2, -0.15) is 0 Å². The van der Waals surface area contributed by atoms with Crippen LogP contribution in [-0.4, -0.2) is 21.2 Å². The predicted octanol–water partition coefficient (Wildman–Crippen LogP) is 2.84. The maximum atomic E-state index is 12.0. The van der Waals surface area contributed by atoms with Crippen LogP contribution in [0.1, 0.15) is 39.4 Å². The summed E-state index contributed by atoms with van der Waals surface area (Å²) in [5.41, 5.74) is 6.79. The topological polar surface area (TPSA) is 70.1 Å². The first kappa shape index (κ1) is 13.5. The van der Waals surface area contributed by atoms with Gasteiger partial charge in [0.2, 0.25) is 0 Å². The van der Waals surface area contributed by atoms with Crippen molar-refractivity contribution in [1.29, 1.82) is 0 Å². The van der Waals surface area contributed by atoms with Crippen LogP contribution in [0.15, 0.2) is 24.5 Å². The van der Waals surface area contributed by atoms with Gasteiger partial charge in [-0.05, 0) is 39.8 Å². The van der Waals surface area contributed by atoms with Gasteiger partial charge >= 0.3 is 6.09 Å². The van der Waals surface area contributed by atoms with Crippen molar-refractivity contribution in [1.82, 2.24) is 9.55 Å². The molecule has 102 valence electrons. The van der Waals surface area contributed by atoms with Crippen molar-refractivity contribution >= 4 is 17.0 Å². The molecule has 0 amide bonds. The monoisotopic (exact) mass is 261 g/mol. The molecule has 2 rings (SSSR count). The Kier molecular flexibility index (Phi) is 3.32. The molecule has 0 aliphatic heterocycles. The summed E-state index contributed by atoms with van der Waals surface area (Å²) in [7, 11) is 0. The van der Waals surface area contributed by atoms with Crippen LogP contribution in [0.4, 0.5) is 4.79 Å². The zero-order valence-electron chi connectivity index (χ0n) is 11.7. The Balaban J connectivity index is 2.38. The maximum Gasteiger partial charge on any atom is 0.419 e. The van der Waals surface area contributed by atoms with E-state index < -0.39 is 11.7 Å². The minimum atomic E-state index is -0.521. The van der Waals surface area contributed by atoms with Crippen molar-refractivity contribution in [3.05, 3.63) is 30.2 Å². The van der Waals surface area contributed by atoms with Gasteiger partial charge in [0, 0.05) is 17.6 Å². The van der Waals surface area contributed by atoms with Crippen LogP contribution >= 0.6 is 0 Å². The number of pyridine rings is 1. The zero-order valence-corrected chi connectivity index (χ0v) is 11.7. The first-order valence-corrected chi connectivity index (χ1v) is 6.24. The van der Waals surface area contributed by atoms with Gasteiger partial charge in [0.25, 0.3) is 0 Å². The molecular formula is C14H19N3O2. The molecule has 2 heterocycles. The fraction of sp³-hybridized carbons (Fsp3) is 0.429. The SMILES string of the molecule is CC(N)c1cc2ccn(C(=O)OC(C)(C)C)c2cn1. The Morgan fingerprint density at radius 1 is 1.47 bits per heavy atom. The Morgan fingerprint density at radius 2 is 2.16 bits per heavy atom. The fourth-order valence-electron chi connectivity index (χ4n) is 1.77. The average Bonchev–Trinajstić information content (AvgIpc) is 2.68.